The van der Waals surface area contributed by atoms with Crippen LogP contribution in [0.2, 0.25) is 0 Å². The van der Waals surface area contributed by atoms with E-state index in [9.17, 15) is 18.0 Å². The normalized spacial score (nSPS) is 20.5. The highest BCUT2D eigenvalue weighted by Gasteiger charge is 2.45. The molecule has 1 aromatic heterocycles. The van der Waals surface area contributed by atoms with Crippen molar-refractivity contribution in [1.82, 2.24) is 14.8 Å². The lowest BCUT2D eigenvalue weighted by atomic mass is 10.2. The first-order valence-electron chi connectivity index (χ1n) is 6.75. The van der Waals surface area contributed by atoms with E-state index in [1.54, 1.807) is 0 Å². The molecule has 1 N–H and O–H groups in total. The molecule has 0 amide bonds. The minimum atomic E-state index is -4.75. The van der Waals surface area contributed by atoms with E-state index >= 15 is 0 Å². The van der Waals surface area contributed by atoms with Gasteiger partial charge in [0, 0.05) is 17.7 Å². The topological polar surface area (TPSA) is 68.0 Å². The average molecular weight is 321 g/mol. The lowest BCUT2D eigenvalue weighted by molar-refractivity contribution is -0.188. The molecule has 2 fully saturated rings. The molecular weight excluding hydrogens is 307 g/mol. The van der Waals surface area contributed by atoms with Gasteiger partial charge in [-0.2, -0.15) is 13.2 Å². The molecule has 1 atom stereocenters. The number of alkyl halides is 3. The Bertz CT molecular complexity index is 552. The van der Waals surface area contributed by atoms with Crippen LogP contribution in [0.4, 0.5) is 13.2 Å². The van der Waals surface area contributed by atoms with Crippen molar-refractivity contribution in [3.63, 3.8) is 0 Å². The van der Waals surface area contributed by atoms with Gasteiger partial charge in [-0.1, -0.05) is 11.8 Å². The minimum absolute atomic E-state index is 0.271. The van der Waals surface area contributed by atoms with E-state index in [1.807, 2.05) is 4.57 Å². The molecule has 9 heteroatoms. The van der Waals surface area contributed by atoms with Crippen LogP contribution in [-0.4, -0.2) is 37.8 Å². The highest BCUT2D eigenvalue weighted by atomic mass is 32.2. The zero-order valence-corrected chi connectivity index (χ0v) is 11.8. The molecule has 5 nitrogen and oxygen atoms in total. The number of rotatable bonds is 6. The van der Waals surface area contributed by atoms with Crippen molar-refractivity contribution in [2.24, 2.45) is 5.92 Å². The van der Waals surface area contributed by atoms with E-state index < -0.39 is 23.8 Å². The molecule has 0 spiro atoms. The Morgan fingerprint density at radius 2 is 2.00 bits per heavy atom. The Morgan fingerprint density at radius 1 is 1.33 bits per heavy atom. The van der Waals surface area contributed by atoms with Gasteiger partial charge in [-0.05, 0) is 25.7 Å². The number of hydrogen-bond donors (Lipinski definition) is 1. The molecule has 21 heavy (non-hydrogen) atoms. The smallest absolute Gasteiger partial charge is 0.403 e. The van der Waals surface area contributed by atoms with Crippen LogP contribution in [0, 0.1) is 5.92 Å². The molecule has 0 radical (unpaired) electrons. The summed E-state index contributed by atoms with van der Waals surface area (Å²) in [5, 5.41) is 17.2. The number of carboxylic acids is 1. The summed E-state index contributed by atoms with van der Waals surface area (Å²) in [4.78, 5) is 10.7. The van der Waals surface area contributed by atoms with Crippen LogP contribution in [0.25, 0.3) is 0 Å². The van der Waals surface area contributed by atoms with Crippen LogP contribution in [0.5, 0.6) is 0 Å². The van der Waals surface area contributed by atoms with Crippen LogP contribution >= 0.6 is 11.8 Å². The molecule has 0 saturated heterocycles. The first-order chi connectivity index (χ1) is 9.88. The second-order valence-corrected chi connectivity index (χ2v) is 6.45. The number of aromatic nitrogens is 3. The first kappa shape index (κ1) is 14.7. The zero-order valence-electron chi connectivity index (χ0n) is 11.0. The molecule has 0 bridgehead atoms. The fourth-order valence-corrected chi connectivity index (χ4v) is 3.27. The third kappa shape index (κ3) is 3.17. The van der Waals surface area contributed by atoms with Crippen molar-refractivity contribution < 1.29 is 23.1 Å². The van der Waals surface area contributed by atoms with Crippen molar-refractivity contribution >= 4 is 17.7 Å². The molecule has 116 valence electrons. The van der Waals surface area contributed by atoms with Gasteiger partial charge < -0.3 is 9.67 Å². The number of nitrogens with zero attached hydrogens (tertiary/aromatic N) is 3. The van der Waals surface area contributed by atoms with Crippen molar-refractivity contribution in [1.29, 1.82) is 0 Å². The maximum absolute atomic E-state index is 12.7. The zero-order chi connectivity index (χ0) is 15.2. The Balaban J connectivity index is 1.74. The second kappa shape index (κ2) is 5.19. The molecule has 3 rings (SSSR count). The van der Waals surface area contributed by atoms with Gasteiger partial charge >= 0.3 is 12.1 Å². The molecule has 2 aliphatic rings. The Hall–Kier alpha value is -1.25. The van der Waals surface area contributed by atoms with Gasteiger partial charge in [0.25, 0.3) is 0 Å². The molecule has 0 aliphatic heterocycles. The standard InChI is InChI=1S/C12H14F3N3O2S/c13-12(14,15)8(10(19)20)5-21-11-17-16-9(6-1-2-6)18(11)7-3-4-7/h6-8H,1-5H2,(H,19,20). The van der Waals surface area contributed by atoms with Gasteiger partial charge in [0.2, 0.25) is 0 Å². The van der Waals surface area contributed by atoms with E-state index in [4.69, 9.17) is 5.11 Å². The minimum Gasteiger partial charge on any atom is -0.481 e. The van der Waals surface area contributed by atoms with E-state index in [0.29, 0.717) is 11.1 Å². The SMILES string of the molecule is O=C(O)C(CSc1nnc(C2CC2)n1C1CC1)C(F)(F)F. The van der Waals surface area contributed by atoms with E-state index in [0.717, 1.165) is 43.3 Å². The number of aliphatic carboxylic acids is 1. The lowest BCUT2D eigenvalue weighted by Crippen LogP contribution is -2.32. The number of thioether (sulfide) groups is 1. The first-order valence-corrected chi connectivity index (χ1v) is 7.73. The predicted octanol–water partition coefficient (Wildman–Crippen LogP) is 2.85. The third-order valence-corrected chi connectivity index (χ3v) is 4.65. The predicted molar refractivity (Wildman–Crippen MR) is 68.2 cm³/mol. The van der Waals surface area contributed by atoms with Gasteiger partial charge in [-0.15, -0.1) is 10.2 Å². The maximum Gasteiger partial charge on any atom is 0.403 e. The Kier molecular flexibility index (Phi) is 3.62. The largest absolute Gasteiger partial charge is 0.481 e. The van der Waals surface area contributed by atoms with Crippen LogP contribution in [0.15, 0.2) is 5.16 Å². The summed E-state index contributed by atoms with van der Waals surface area (Å²) < 4.78 is 39.9. The third-order valence-electron chi connectivity index (χ3n) is 3.62. The summed E-state index contributed by atoms with van der Waals surface area (Å²) in [6.45, 7) is 0. The number of carboxylic acid groups (broad SMARTS) is 1. The van der Waals surface area contributed by atoms with E-state index in [2.05, 4.69) is 10.2 Å². The number of hydrogen-bond acceptors (Lipinski definition) is 4. The van der Waals surface area contributed by atoms with Crippen molar-refractivity contribution in [3.8, 4) is 0 Å². The fourth-order valence-electron chi connectivity index (χ4n) is 2.15. The second-order valence-electron chi connectivity index (χ2n) is 5.46. The molecule has 2 saturated carbocycles. The molecule has 1 aromatic rings. The average Bonchev–Trinajstić information content (AvgIpc) is 3.27. The molecule has 1 heterocycles. The summed E-state index contributed by atoms with van der Waals surface area (Å²) >= 11 is 0.833. The van der Waals surface area contributed by atoms with E-state index in [-0.39, 0.29) is 6.04 Å². The van der Waals surface area contributed by atoms with Crippen LogP contribution in [-0.2, 0) is 4.79 Å². The molecular formula is C12H14F3N3O2S. The lowest BCUT2D eigenvalue weighted by Gasteiger charge is -2.15. The quantitative estimate of drug-likeness (QED) is 0.816. The van der Waals surface area contributed by atoms with Crippen LogP contribution < -0.4 is 0 Å². The number of carbonyl (C=O) groups is 1. The van der Waals surface area contributed by atoms with Gasteiger partial charge in [0.1, 0.15) is 5.82 Å². The summed E-state index contributed by atoms with van der Waals surface area (Å²) in [7, 11) is 0. The maximum atomic E-state index is 12.7. The fraction of sp³-hybridized carbons (Fsp3) is 0.750. The summed E-state index contributed by atoms with van der Waals surface area (Å²) in [6.07, 6.45) is -0.714. The Morgan fingerprint density at radius 3 is 2.48 bits per heavy atom. The highest BCUT2D eigenvalue weighted by Crippen LogP contribution is 2.46. The van der Waals surface area contributed by atoms with Gasteiger partial charge in [0.15, 0.2) is 11.1 Å². The molecule has 0 aromatic carbocycles. The summed E-state index contributed by atoms with van der Waals surface area (Å²) in [5.74, 6) is -3.59. The molecule has 2 aliphatic carbocycles. The van der Waals surface area contributed by atoms with E-state index in [1.165, 1.54) is 0 Å². The van der Waals surface area contributed by atoms with Crippen molar-refractivity contribution in [2.75, 3.05) is 5.75 Å². The van der Waals surface area contributed by atoms with Gasteiger partial charge in [-0.3, -0.25) is 4.79 Å². The van der Waals surface area contributed by atoms with Crippen LogP contribution in [0.1, 0.15) is 43.5 Å². The van der Waals surface area contributed by atoms with Gasteiger partial charge in [-0.25, -0.2) is 0 Å². The summed E-state index contributed by atoms with van der Waals surface area (Å²) in [5.41, 5.74) is 0. The summed E-state index contributed by atoms with van der Waals surface area (Å²) in [6, 6.07) is 0.271. The van der Waals surface area contributed by atoms with Crippen molar-refractivity contribution in [3.05, 3.63) is 5.82 Å². The Labute approximate surface area is 122 Å². The van der Waals surface area contributed by atoms with Gasteiger partial charge in [0.05, 0.1) is 0 Å². The monoisotopic (exact) mass is 321 g/mol. The number of halogens is 3. The molecule has 1 unspecified atom stereocenters. The van der Waals surface area contributed by atoms with Crippen molar-refractivity contribution in [2.45, 2.75) is 49.0 Å². The van der Waals surface area contributed by atoms with Crippen LogP contribution in [0.3, 0.4) is 0 Å². The highest BCUT2D eigenvalue weighted by molar-refractivity contribution is 7.99.